The largest absolute Gasteiger partial charge is 0.384 e. The molecule has 0 aromatic carbocycles. The van der Waals surface area contributed by atoms with Crippen LogP contribution in [0.3, 0.4) is 0 Å². The van der Waals surface area contributed by atoms with Crippen molar-refractivity contribution in [3.05, 3.63) is 27.0 Å². The number of H-pyrrole nitrogens is 1. The zero-order valence-corrected chi connectivity index (χ0v) is 6.51. The monoisotopic (exact) mass is 185 g/mol. The molecule has 0 fully saturated rings. The highest BCUT2D eigenvalue weighted by Gasteiger charge is 2.05. The van der Waals surface area contributed by atoms with Gasteiger partial charge < -0.3 is 9.90 Å². The van der Waals surface area contributed by atoms with E-state index in [0.29, 0.717) is 0 Å². The molecule has 13 heavy (non-hydrogen) atoms. The van der Waals surface area contributed by atoms with Crippen LogP contribution in [0.2, 0.25) is 0 Å². The number of aldehydes is 1. The maximum absolute atomic E-state index is 11.0. The number of hydrogen-bond donors (Lipinski definition) is 2. The van der Waals surface area contributed by atoms with Gasteiger partial charge in [-0.3, -0.25) is 14.2 Å². The van der Waals surface area contributed by atoms with Crippen molar-refractivity contribution in [1.82, 2.24) is 14.8 Å². The van der Waals surface area contributed by atoms with Crippen LogP contribution >= 0.6 is 0 Å². The predicted octanol–water partition coefficient (Wildman–Crippen LogP) is -2.51. The Morgan fingerprint density at radius 3 is 3.00 bits per heavy atom. The number of aromatic amines is 1. The van der Waals surface area contributed by atoms with E-state index in [0.717, 1.165) is 10.9 Å². The van der Waals surface area contributed by atoms with Gasteiger partial charge in [0.15, 0.2) is 0 Å². The predicted molar refractivity (Wildman–Crippen MR) is 41.2 cm³/mol. The van der Waals surface area contributed by atoms with E-state index < -0.39 is 17.2 Å². The molecule has 0 saturated carbocycles. The molecule has 0 bridgehead atoms. The summed E-state index contributed by atoms with van der Waals surface area (Å²) in [5.41, 5.74) is -1.74. The molecule has 0 aliphatic rings. The summed E-state index contributed by atoms with van der Waals surface area (Å²) in [4.78, 5) is 31.7. The first-order valence-corrected chi connectivity index (χ1v) is 3.42. The van der Waals surface area contributed by atoms with Crippen molar-refractivity contribution in [3.63, 3.8) is 0 Å². The second-order valence-corrected chi connectivity index (χ2v) is 2.35. The van der Waals surface area contributed by atoms with Crippen molar-refractivity contribution < 1.29 is 9.90 Å². The number of carbonyl (C=O) groups excluding carboxylic acids is 1. The van der Waals surface area contributed by atoms with E-state index in [-0.39, 0.29) is 12.8 Å². The number of nitrogens with one attached hydrogen (secondary N) is 1. The first-order chi connectivity index (χ1) is 6.15. The summed E-state index contributed by atoms with van der Waals surface area (Å²) >= 11 is 0. The molecular weight excluding hydrogens is 178 g/mol. The van der Waals surface area contributed by atoms with Gasteiger partial charge in [-0.15, -0.1) is 0 Å². The lowest BCUT2D eigenvalue weighted by molar-refractivity contribution is -0.115. The van der Waals surface area contributed by atoms with Crippen molar-refractivity contribution in [2.45, 2.75) is 12.6 Å². The summed E-state index contributed by atoms with van der Waals surface area (Å²) in [5.74, 6) is 0. The van der Waals surface area contributed by atoms with E-state index in [2.05, 4.69) is 5.10 Å². The molecule has 1 atom stereocenters. The fourth-order valence-corrected chi connectivity index (χ4v) is 0.762. The van der Waals surface area contributed by atoms with Crippen LogP contribution in [-0.4, -0.2) is 32.3 Å². The summed E-state index contributed by atoms with van der Waals surface area (Å²) in [6.45, 7) is -0.265. The van der Waals surface area contributed by atoms with Crippen LogP contribution in [-0.2, 0) is 11.3 Å². The Morgan fingerprint density at radius 1 is 1.69 bits per heavy atom. The fraction of sp³-hybridized carbons (Fsp3) is 0.333. The lowest BCUT2D eigenvalue weighted by Crippen LogP contribution is -2.39. The first kappa shape index (κ1) is 9.33. The molecule has 7 nitrogen and oxygen atoms in total. The van der Waals surface area contributed by atoms with Crippen LogP contribution < -0.4 is 11.1 Å². The average Bonchev–Trinajstić information content (AvgIpc) is 2.13. The van der Waals surface area contributed by atoms with Crippen LogP contribution in [0.4, 0.5) is 0 Å². The van der Waals surface area contributed by atoms with E-state index >= 15 is 0 Å². The Hall–Kier alpha value is -1.76. The zero-order chi connectivity index (χ0) is 9.84. The Balaban J connectivity index is 3.03. The van der Waals surface area contributed by atoms with Crippen molar-refractivity contribution in [1.29, 1.82) is 0 Å². The number of nitrogens with zero attached hydrogens (tertiary/aromatic N) is 2. The lowest BCUT2D eigenvalue weighted by atomic mass is 10.4. The van der Waals surface area contributed by atoms with Crippen LogP contribution in [0.15, 0.2) is 15.9 Å². The van der Waals surface area contributed by atoms with E-state index in [1.807, 2.05) is 5.10 Å². The van der Waals surface area contributed by atoms with Gasteiger partial charge in [-0.05, 0) is 0 Å². The lowest BCUT2D eigenvalue weighted by Gasteiger charge is -2.03. The van der Waals surface area contributed by atoms with E-state index in [1.54, 1.807) is 0 Å². The maximum Gasteiger partial charge on any atom is 0.330 e. The minimum Gasteiger partial charge on any atom is -0.384 e. The summed E-state index contributed by atoms with van der Waals surface area (Å²) in [6, 6.07) is 0. The van der Waals surface area contributed by atoms with Gasteiger partial charge in [-0.1, -0.05) is 0 Å². The second-order valence-electron chi connectivity index (χ2n) is 2.35. The smallest absolute Gasteiger partial charge is 0.330 e. The van der Waals surface area contributed by atoms with Crippen LogP contribution in [0.1, 0.15) is 0 Å². The van der Waals surface area contributed by atoms with Gasteiger partial charge in [0.25, 0.3) is 0 Å². The number of rotatable bonds is 3. The standard InChI is InChI=1S/C6H7N3O4/c10-2-4(11)1-9-3-7-8-5(12)6(9)13/h2-4,11H,1H2,(H,8,12). The molecule has 70 valence electrons. The van der Waals surface area contributed by atoms with Crippen molar-refractivity contribution in [2.75, 3.05) is 0 Å². The van der Waals surface area contributed by atoms with Crippen LogP contribution in [0, 0.1) is 0 Å². The Morgan fingerprint density at radius 2 is 2.38 bits per heavy atom. The van der Waals surface area contributed by atoms with Gasteiger partial charge in [0, 0.05) is 0 Å². The summed E-state index contributed by atoms with van der Waals surface area (Å²) in [6.07, 6.45) is 0.00526. The minimum absolute atomic E-state index is 0.265. The van der Waals surface area contributed by atoms with Crippen LogP contribution in [0.5, 0.6) is 0 Å². The fourth-order valence-electron chi connectivity index (χ4n) is 0.762. The van der Waals surface area contributed by atoms with Gasteiger partial charge in [0.05, 0.1) is 6.54 Å². The molecule has 1 aromatic rings. The minimum atomic E-state index is -1.30. The van der Waals surface area contributed by atoms with Crippen molar-refractivity contribution in [2.24, 2.45) is 0 Å². The Bertz CT molecular complexity index is 407. The third-order valence-corrected chi connectivity index (χ3v) is 1.36. The molecule has 1 rings (SSSR count). The molecule has 7 heteroatoms. The number of hydrogen-bond acceptors (Lipinski definition) is 5. The molecule has 0 aliphatic heterocycles. The highest BCUT2D eigenvalue weighted by atomic mass is 16.3. The molecule has 0 saturated heterocycles. The highest BCUT2D eigenvalue weighted by Crippen LogP contribution is 1.80. The molecule has 0 aliphatic carbocycles. The highest BCUT2D eigenvalue weighted by molar-refractivity contribution is 5.55. The average molecular weight is 185 g/mol. The van der Waals surface area contributed by atoms with Crippen molar-refractivity contribution >= 4 is 6.29 Å². The van der Waals surface area contributed by atoms with Gasteiger partial charge in [0.1, 0.15) is 18.7 Å². The van der Waals surface area contributed by atoms with Crippen LogP contribution in [0.25, 0.3) is 0 Å². The van der Waals surface area contributed by atoms with Gasteiger partial charge in [-0.25, -0.2) is 5.10 Å². The van der Waals surface area contributed by atoms with Gasteiger partial charge >= 0.3 is 11.1 Å². The summed E-state index contributed by atoms with van der Waals surface area (Å²) < 4.78 is 0.859. The Labute approximate surface area is 71.6 Å². The number of aromatic nitrogens is 3. The van der Waals surface area contributed by atoms with E-state index in [1.165, 1.54) is 0 Å². The number of carbonyl (C=O) groups is 1. The molecule has 1 heterocycles. The second kappa shape index (κ2) is 3.76. The molecule has 2 N–H and O–H groups in total. The molecule has 1 aromatic heterocycles. The summed E-state index contributed by atoms with van der Waals surface area (Å²) in [5, 5.41) is 14.1. The normalized spacial score (nSPS) is 12.4. The number of aliphatic hydroxyl groups is 1. The van der Waals surface area contributed by atoms with Gasteiger partial charge in [-0.2, -0.15) is 5.10 Å². The van der Waals surface area contributed by atoms with E-state index in [9.17, 15) is 14.4 Å². The molecular formula is C6H7N3O4. The molecule has 0 spiro atoms. The third kappa shape index (κ3) is 2.09. The zero-order valence-electron chi connectivity index (χ0n) is 6.51. The SMILES string of the molecule is O=CC(O)Cn1cn[nH]c(=O)c1=O. The molecule has 0 amide bonds. The first-order valence-electron chi connectivity index (χ1n) is 3.42. The topological polar surface area (TPSA) is 105 Å². The maximum atomic E-state index is 11.0. The molecule has 0 radical (unpaired) electrons. The molecule has 1 unspecified atom stereocenters. The Kier molecular flexibility index (Phi) is 2.70. The number of aliphatic hydroxyl groups excluding tert-OH is 1. The van der Waals surface area contributed by atoms with E-state index in [4.69, 9.17) is 5.11 Å². The quantitative estimate of drug-likeness (QED) is 0.399. The third-order valence-electron chi connectivity index (χ3n) is 1.36. The summed E-state index contributed by atoms with van der Waals surface area (Å²) in [7, 11) is 0. The van der Waals surface area contributed by atoms with Gasteiger partial charge in [0.2, 0.25) is 0 Å². The van der Waals surface area contributed by atoms with Crippen molar-refractivity contribution in [3.8, 4) is 0 Å².